The topological polar surface area (TPSA) is 46.5 Å². The molecule has 0 saturated carbocycles. The van der Waals surface area contributed by atoms with Gasteiger partial charge in [0.2, 0.25) is 0 Å². The molecular formula is C12H13ClO3. The Balaban J connectivity index is 2.61. The summed E-state index contributed by atoms with van der Waals surface area (Å²) in [5.41, 5.74) is 0.671. The van der Waals surface area contributed by atoms with Gasteiger partial charge in [-0.1, -0.05) is 23.7 Å². The molecule has 3 nitrogen and oxygen atoms in total. The molecular weight excluding hydrogens is 228 g/mol. The summed E-state index contributed by atoms with van der Waals surface area (Å²) in [5.74, 6) is -0.462. The lowest BCUT2D eigenvalue weighted by Gasteiger charge is -2.05. The van der Waals surface area contributed by atoms with Crippen LogP contribution in [0.1, 0.15) is 18.6 Å². The number of carbonyl (C=O) groups is 1. The van der Waals surface area contributed by atoms with Crippen LogP contribution in [0.4, 0.5) is 0 Å². The Labute approximate surface area is 99.3 Å². The Kier molecular flexibility index (Phi) is 5.02. The third-order valence-electron chi connectivity index (χ3n) is 1.91. The zero-order valence-corrected chi connectivity index (χ0v) is 9.65. The molecule has 0 heterocycles. The second-order valence-corrected chi connectivity index (χ2v) is 3.54. The van der Waals surface area contributed by atoms with Gasteiger partial charge in [-0.25, -0.2) is 4.79 Å². The molecule has 0 amide bonds. The van der Waals surface area contributed by atoms with Crippen LogP contribution in [0, 0.1) is 0 Å². The molecule has 0 aliphatic carbocycles. The first-order chi connectivity index (χ1) is 7.63. The van der Waals surface area contributed by atoms with E-state index in [4.69, 9.17) is 11.6 Å². The second-order valence-electron chi connectivity index (χ2n) is 3.11. The predicted octanol–water partition coefficient (Wildman–Crippen LogP) is 2.49. The van der Waals surface area contributed by atoms with Crippen LogP contribution in [0.5, 0.6) is 0 Å². The number of rotatable bonds is 4. The highest BCUT2D eigenvalue weighted by atomic mass is 35.5. The molecule has 0 saturated heterocycles. The van der Waals surface area contributed by atoms with Crippen LogP contribution in [0.2, 0.25) is 5.02 Å². The van der Waals surface area contributed by atoms with E-state index in [0.717, 1.165) is 0 Å². The number of esters is 1. The molecule has 16 heavy (non-hydrogen) atoms. The normalized spacial score (nSPS) is 12.7. The summed E-state index contributed by atoms with van der Waals surface area (Å²) in [6, 6.07) is 6.75. The van der Waals surface area contributed by atoms with E-state index in [0.29, 0.717) is 17.2 Å². The summed E-state index contributed by atoms with van der Waals surface area (Å²) in [6.07, 6.45) is 1.76. The minimum absolute atomic E-state index is 0.320. The van der Waals surface area contributed by atoms with Crippen molar-refractivity contribution in [2.24, 2.45) is 0 Å². The second kappa shape index (κ2) is 6.30. The average molecular weight is 241 g/mol. The highest BCUT2D eigenvalue weighted by molar-refractivity contribution is 6.30. The molecule has 0 spiro atoms. The maximum absolute atomic E-state index is 11.0. The largest absolute Gasteiger partial charge is 0.463 e. The lowest BCUT2D eigenvalue weighted by atomic mass is 10.1. The predicted molar refractivity (Wildman–Crippen MR) is 62.2 cm³/mol. The van der Waals surface area contributed by atoms with Crippen molar-refractivity contribution in [2.75, 3.05) is 6.61 Å². The molecule has 4 heteroatoms. The summed E-state index contributed by atoms with van der Waals surface area (Å²) in [4.78, 5) is 11.0. The lowest BCUT2D eigenvalue weighted by molar-refractivity contribution is -0.137. The lowest BCUT2D eigenvalue weighted by Crippen LogP contribution is -2.00. The smallest absolute Gasteiger partial charge is 0.330 e. The maximum atomic E-state index is 11.0. The van der Waals surface area contributed by atoms with Crippen LogP contribution in [-0.2, 0) is 9.53 Å². The molecule has 86 valence electrons. The van der Waals surface area contributed by atoms with E-state index < -0.39 is 12.1 Å². The van der Waals surface area contributed by atoms with Crippen molar-refractivity contribution in [3.05, 3.63) is 47.0 Å². The molecule has 1 N–H and O–H groups in total. The number of halogens is 1. The number of aliphatic hydroxyl groups is 1. The molecule has 0 radical (unpaired) electrons. The molecule has 0 aromatic heterocycles. The molecule has 0 fully saturated rings. The summed E-state index contributed by atoms with van der Waals surface area (Å²) in [5, 5.41) is 10.3. The van der Waals surface area contributed by atoms with Crippen molar-refractivity contribution in [3.63, 3.8) is 0 Å². The molecule has 1 aromatic rings. The highest BCUT2D eigenvalue weighted by Crippen LogP contribution is 2.17. The van der Waals surface area contributed by atoms with Crippen molar-refractivity contribution in [1.82, 2.24) is 0 Å². The van der Waals surface area contributed by atoms with Crippen LogP contribution < -0.4 is 0 Å². The fourth-order valence-corrected chi connectivity index (χ4v) is 1.26. The van der Waals surface area contributed by atoms with Crippen molar-refractivity contribution in [1.29, 1.82) is 0 Å². The van der Waals surface area contributed by atoms with E-state index in [1.54, 1.807) is 31.2 Å². The minimum Gasteiger partial charge on any atom is -0.463 e. The van der Waals surface area contributed by atoms with E-state index >= 15 is 0 Å². The zero-order chi connectivity index (χ0) is 12.0. The number of hydrogen-bond acceptors (Lipinski definition) is 3. The van der Waals surface area contributed by atoms with Crippen LogP contribution in [-0.4, -0.2) is 17.7 Å². The fraction of sp³-hybridized carbons (Fsp3) is 0.250. The number of hydrogen-bond donors (Lipinski definition) is 1. The Bertz CT molecular complexity index is 370. The van der Waals surface area contributed by atoms with Gasteiger partial charge in [0.05, 0.1) is 12.7 Å². The molecule has 1 rings (SSSR count). The first kappa shape index (κ1) is 12.7. The van der Waals surface area contributed by atoms with Gasteiger partial charge in [0.25, 0.3) is 0 Å². The number of aliphatic hydroxyl groups excluding tert-OH is 1. The van der Waals surface area contributed by atoms with Crippen LogP contribution >= 0.6 is 11.6 Å². The molecule has 1 atom stereocenters. The van der Waals surface area contributed by atoms with E-state index in [1.807, 2.05) is 0 Å². The van der Waals surface area contributed by atoms with Gasteiger partial charge in [-0.05, 0) is 30.7 Å². The SMILES string of the molecule is CCOC(=O)/C=C/[C@H](O)c1ccc(Cl)cc1. The standard InChI is InChI=1S/C12H13ClO3/c1-2-16-12(15)8-7-11(14)9-3-5-10(13)6-4-9/h3-8,11,14H,2H2,1H3/b8-7+/t11-/m0/s1. The van der Waals surface area contributed by atoms with Gasteiger partial charge in [0.15, 0.2) is 0 Å². The number of benzene rings is 1. The molecule has 0 aliphatic heterocycles. The molecule has 0 bridgehead atoms. The number of ether oxygens (including phenoxy) is 1. The van der Waals surface area contributed by atoms with E-state index in [9.17, 15) is 9.90 Å². The monoisotopic (exact) mass is 240 g/mol. The Hall–Kier alpha value is -1.32. The zero-order valence-electron chi connectivity index (χ0n) is 8.89. The average Bonchev–Trinajstić information content (AvgIpc) is 2.27. The first-order valence-corrected chi connectivity index (χ1v) is 5.29. The summed E-state index contributed by atoms with van der Waals surface area (Å²) in [7, 11) is 0. The van der Waals surface area contributed by atoms with E-state index in [-0.39, 0.29) is 0 Å². The maximum Gasteiger partial charge on any atom is 0.330 e. The van der Waals surface area contributed by atoms with Gasteiger partial charge in [-0.15, -0.1) is 0 Å². The van der Waals surface area contributed by atoms with Crippen LogP contribution in [0.3, 0.4) is 0 Å². The van der Waals surface area contributed by atoms with Gasteiger partial charge in [-0.3, -0.25) is 0 Å². The van der Waals surface area contributed by atoms with E-state index in [2.05, 4.69) is 4.74 Å². The van der Waals surface area contributed by atoms with Gasteiger partial charge >= 0.3 is 5.97 Å². The van der Waals surface area contributed by atoms with Crippen molar-refractivity contribution in [2.45, 2.75) is 13.0 Å². The highest BCUT2D eigenvalue weighted by Gasteiger charge is 2.04. The minimum atomic E-state index is -0.832. The summed E-state index contributed by atoms with van der Waals surface area (Å²) < 4.78 is 4.69. The molecule has 0 unspecified atom stereocenters. The Morgan fingerprint density at radius 1 is 1.50 bits per heavy atom. The molecule has 0 aliphatic rings. The van der Waals surface area contributed by atoms with Crippen molar-refractivity contribution < 1.29 is 14.6 Å². The van der Waals surface area contributed by atoms with Gasteiger partial charge in [0.1, 0.15) is 0 Å². The van der Waals surface area contributed by atoms with E-state index in [1.165, 1.54) is 12.2 Å². The number of carbonyl (C=O) groups excluding carboxylic acids is 1. The van der Waals surface area contributed by atoms with Crippen molar-refractivity contribution in [3.8, 4) is 0 Å². The van der Waals surface area contributed by atoms with Gasteiger partial charge < -0.3 is 9.84 Å². The third-order valence-corrected chi connectivity index (χ3v) is 2.16. The summed E-state index contributed by atoms with van der Waals surface area (Å²) in [6.45, 7) is 2.04. The van der Waals surface area contributed by atoms with Gasteiger partial charge in [-0.2, -0.15) is 0 Å². The Morgan fingerprint density at radius 3 is 2.69 bits per heavy atom. The Morgan fingerprint density at radius 2 is 2.12 bits per heavy atom. The van der Waals surface area contributed by atoms with Crippen molar-refractivity contribution >= 4 is 17.6 Å². The van der Waals surface area contributed by atoms with Gasteiger partial charge in [0, 0.05) is 11.1 Å². The van der Waals surface area contributed by atoms with Crippen LogP contribution in [0.25, 0.3) is 0 Å². The quantitative estimate of drug-likeness (QED) is 0.650. The molecule has 1 aromatic carbocycles. The summed E-state index contributed by atoms with van der Waals surface area (Å²) >= 11 is 5.71. The van der Waals surface area contributed by atoms with Crippen LogP contribution in [0.15, 0.2) is 36.4 Å². The first-order valence-electron chi connectivity index (χ1n) is 4.92. The fourth-order valence-electron chi connectivity index (χ4n) is 1.13. The third kappa shape index (κ3) is 4.04.